The van der Waals surface area contributed by atoms with E-state index >= 15 is 9.59 Å². The lowest BCUT2D eigenvalue weighted by Crippen LogP contribution is -2.78. The molecular formula is C62H92N8O6. The lowest BCUT2D eigenvalue weighted by Gasteiger charge is -2.70. The van der Waals surface area contributed by atoms with E-state index in [9.17, 15) is 0 Å². The van der Waals surface area contributed by atoms with Crippen LogP contribution in [0.4, 0.5) is 5.69 Å². The Labute approximate surface area is 454 Å². The number of hydrogen-bond acceptors (Lipinski definition) is 11. The standard InChI is InChI=1S/C62H92N8O6/c1-8-60(4,5)31-50-47-29-44(18-19-51(47)68(9-2)56(50)48-28-42(41-16-11-10-12-17-41)33-63-54(48)40(3)74-7)66(26-27-73-6)25-20-46-49-32-61(38-76-39-61)53(49)52-43-30-62(37-67(34-43)45-35-75-36-45)21-15-23-69(62)57(52)58(71)65-55(46)59(72)70-24-14-13-22-64-70/h18-19,28-29,33,40-41,43,45-46,49,52-53,55,57,64H,8-17,20-27,30-32,34-39H2,1-7H3,(H,65,71)/t40-,43?,46-,49?,52?,53?,55-,57-,62+/m0/s1. The number of nitrogens with one attached hydrogen (secondary N) is 2. The first-order valence-corrected chi connectivity index (χ1v) is 30.3. The van der Waals surface area contributed by atoms with Crippen LogP contribution in [0.1, 0.15) is 147 Å². The van der Waals surface area contributed by atoms with Gasteiger partial charge in [0.1, 0.15) is 6.04 Å². The maximum absolute atomic E-state index is 15.7. The summed E-state index contributed by atoms with van der Waals surface area (Å²) < 4.78 is 26.6. The summed E-state index contributed by atoms with van der Waals surface area (Å²) in [6, 6.07) is 9.29. The minimum absolute atomic E-state index is 0.000541. The van der Waals surface area contributed by atoms with Crippen LogP contribution in [0.3, 0.4) is 0 Å². The van der Waals surface area contributed by atoms with Gasteiger partial charge in [-0.15, -0.1) is 0 Å². The Morgan fingerprint density at radius 3 is 2.53 bits per heavy atom. The number of aryl methyl sites for hydroxylation is 1. The largest absolute Gasteiger partial charge is 0.383 e. The second-order valence-corrected chi connectivity index (χ2v) is 26.3. The molecule has 9 heterocycles. The van der Waals surface area contributed by atoms with Gasteiger partial charge >= 0.3 is 0 Å². The Kier molecular flexibility index (Phi) is 15.0. The Balaban J connectivity index is 0.935. The van der Waals surface area contributed by atoms with Crippen LogP contribution >= 0.6 is 0 Å². The number of aromatic nitrogens is 2. The van der Waals surface area contributed by atoms with Gasteiger partial charge in [-0.2, -0.15) is 0 Å². The average Bonchev–Trinajstić information content (AvgIpc) is 4.10. The second kappa shape index (κ2) is 21.4. The molecule has 3 aromatic rings. The Morgan fingerprint density at radius 2 is 1.83 bits per heavy atom. The van der Waals surface area contributed by atoms with E-state index in [0.717, 1.165) is 129 Å². The molecule has 14 heteroatoms. The summed E-state index contributed by atoms with van der Waals surface area (Å²) in [4.78, 5) is 44.3. The third-order valence-corrected chi connectivity index (χ3v) is 21.6. The molecule has 14 nitrogen and oxygen atoms in total. The number of hydrazine groups is 1. The fraction of sp³-hybridized carbons (Fsp3) is 0.758. The van der Waals surface area contributed by atoms with E-state index in [1.807, 2.05) is 5.01 Å². The Morgan fingerprint density at radius 1 is 1.00 bits per heavy atom. The number of methoxy groups -OCH3 is 2. The molecule has 7 aliphatic heterocycles. The number of fused-ring (bicyclic) bond motifs is 8. The van der Waals surface area contributed by atoms with E-state index in [1.165, 1.54) is 71.1 Å². The normalized spacial score (nSPS) is 31.3. The highest BCUT2D eigenvalue weighted by Crippen LogP contribution is 2.67. The highest BCUT2D eigenvalue weighted by Gasteiger charge is 2.71. The number of hydrogen-bond donors (Lipinski definition) is 2. The molecule has 2 amide bonds. The lowest BCUT2D eigenvalue weighted by molar-refractivity contribution is -0.276. The van der Waals surface area contributed by atoms with Crippen molar-refractivity contribution in [3.8, 4) is 11.3 Å². The highest BCUT2D eigenvalue weighted by atomic mass is 16.5. The predicted molar refractivity (Wildman–Crippen MR) is 298 cm³/mol. The van der Waals surface area contributed by atoms with Crippen molar-refractivity contribution in [1.82, 2.24) is 35.1 Å². The molecule has 0 radical (unpaired) electrons. The molecule has 7 saturated heterocycles. The summed E-state index contributed by atoms with van der Waals surface area (Å²) in [6.07, 6.45) is 17.5. The van der Waals surface area contributed by atoms with Crippen molar-refractivity contribution in [3.63, 3.8) is 0 Å². The van der Waals surface area contributed by atoms with Gasteiger partial charge in [-0.3, -0.25) is 29.4 Å². The van der Waals surface area contributed by atoms with Gasteiger partial charge < -0.3 is 33.7 Å². The molecule has 2 bridgehead atoms. The minimum atomic E-state index is -0.619. The first kappa shape index (κ1) is 53.0. The number of nitrogens with zero attached hydrogens (tertiary/aromatic N) is 6. The molecule has 2 N–H and O–H groups in total. The maximum Gasteiger partial charge on any atom is 0.259 e. The second-order valence-electron chi connectivity index (χ2n) is 26.3. The summed E-state index contributed by atoms with van der Waals surface area (Å²) in [5, 5.41) is 6.83. The summed E-state index contributed by atoms with van der Waals surface area (Å²) >= 11 is 0. The highest BCUT2D eigenvalue weighted by molar-refractivity contribution is 5.95. The molecule has 416 valence electrons. The summed E-state index contributed by atoms with van der Waals surface area (Å²) in [7, 11) is 3.61. The molecule has 9 atom stereocenters. The third-order valence-electron chi connectivity index (χ3n) is 21.6. The summed E-state index contributed by atoms with van der Waals surface area (Å²) in [5.74, 6) is 1.83. The zero-order chi connectivity index (χ0) is 52.5. The first-order valence-electron chi connectivity index (χ1n) is 30.3. The molecule has 2 saturated carbocycles. The molecule has 1 aromatic carbocycles. The SMILES string of the molecule is CCn1c(-c2cc(C3CCCCC3)cnc2[C@H](C)OC)c(CC(C)(C)CC)c2cc(N(CCOC)CC[C@H]3C4CC5(COC5)C4C4C5CN(C6COC6)C[C@@]6(CCCN6[C@@H]4C(=O)N[C@@H]3C(=O)N3CCCCN3)C5)ccc21. The van der Waals surface area contributed by atoms with Crippen molar-refractivity contribution >= 4 is 28.4 Å². The predicted octanol–water partition coefficient (Wildman–Crippen LogP) is 8.75. The molecule has 9 fully saturated rings. The van der Waals surface area contributed by atoms with Crippen LogP contribution in [0, 0.1) is 40.4 Å². The topological polar surface area (TPSA) is 126 Å². The van der Waals surface area contributed by atoms with E-state index in [2.05, 4.69) is 95.1 Å². The van der Waals surface area contributed by atoms with Crippen LogP contribution in [0.5, 0.6) is 0 Å². The smallest absolute Gasteiger partial charge is 0.259 e. The average molecular weight is 1050 g/mol. The van der Waals surface area contributed by atoms with Crippen LogP contribution in [-0.2, 0) is 41.5 Å². The van der Waals surface area contributed by atoms with Gasteiger partial charge in [-0.05, 0) is 161 Å². The van der Waals surface area contributed by atoms with Crippen molar-refractivity contribution in [3.05, 3.63) is 47.3 Å². The molecule has 2 spiro atoms. The first-order chi connectivity index (χ1) is 36.9. The van der Waals surface area contributed by atoms with Crippen molar-refractivity contribution in [2.24, 2.45) is 40.4 Å². The fourth-order valence-corrected chi connectivity index (χ4v) is 17.1. The van der Waals surface area contributed by atoms with Crippen LogP contribution in [0.15, 0.2) is 30.5 Å². The fourth-order valence-electron chi connectivity index (χ4n) is 17.1. The number of carbonyl (C=O) groups excluding carboxylic acids is 2. The number of anilines is 1. The Hall–Kier alpha value is -3.63. The lowest BCUT2D eigenvalue weighted by atomic mass is 9.41. The maximum atomic E-state index is 15.7. The number of amides is 2. The van der Waals surface area contributed by atoms with Gasteiger partial charge in [0.15, 0.2) is 0 Å². The van der Waals surface area contributed by atoms with Crippen molar-refractivity contribution < 1.29 is 28.5 Å². The van der Waals surface area contributed by atoms with E-state index in [1.54, 1.807) is 14.2 Å². The van der Waals surface area contributed by atoms with Crippen molar-refractivity contribution in [1.29, 1.82) is 0 Å². The van der Waals surface area contributed by atoms with E-state index < -0.39 is 6.04 Å². The molecule has 76 heavy (non-hydrogen) atoms. The zero-order valence-electron chi connectivity index (χ0n) is 47.4. The molecule has 4 unspecified atom stereocenters. The van der Waals surface area contributed by atoms with Gasteiger partial charge in [0.2, 0.25) is 5.91 Å². The van der Waals surface area contributed by atoms with E-state index in [0.29, 0.717) is 43.5 Å². The third kappa shape index (κ3) is 9.25. The summed E-state index contributed by atoms with van der Waals surface area (Å²) in [5.41, 5.74) is 12.2. The van der Waals surface area contributed by atoms with Crippen molar-refractivity contribution in [2.45, 2.75) is 167 Å². The van der Waals surface area contributed by atoms with Crippen LogP contribution < -0.4 is 15.6 Å². The van der Waals surface area contributed by atoms with Crippen LogP contribution in [0.2, 0.25) is 0 Å². The van der Waals surface area contributed by atoms with Gasteiger partial charge in [-0.1, -0.05) is 46.5 Å². The van der Waals surface area contributed by atoms with Gasteiger partial charge in [0, 0.05) is 99.3 Å². The number of pyridine rings is 1. The minimum Gasteiger partial charge on any atom is -0.383 e. The van der Waals surface area contributed by atoms with E-state index in [-0.39, 0.29) is 58.1 Å². The molecular weight excluding hydrogens is 953 g/mol. The zero-order valence-corrected chi connectivity index (χ0v) is 47.4. The Bertz CT molecular complexity index is 2580. The van der Waals surface area contributed by atoms with Gasteiger partial charge in [-0.25, -0.2) is 5.43 Å². The summed E-state index contributed by atoms with van der Waals surface area (Å²) in [6.45, 7) is 22.0. The quantitative estimate of drug-likeness (QED) is 0.135. The van der Waals surface area contributed by atoms with Crippen molar-refractivity contribution in [2.75, 3.05) is 98.0 Å². The number of ether oxygens (including phenoxy) is 4. The number of rotatable bonds is 17. The molecule has 9 aliphatic rings. The van der Waals surface area contributed by atoms with Gasteiger partial charge in [0.05, 0.1) is 62.6 Å². The number of likely N-dealkylation sites (tertiary alicyclic amines) is 1. The monoisotopic (exact) mass is 1040 g/mol. The van der Waals surface area contributed by atoms with E-state index in [4.69, 9.17) is 23.9 Å². The van der Waals surface area contributed by atoms with Crippen LogP contribution in [-0.4, -0.2) is 153 Å². The van der Waals surface area contributed by atoms with Gasteiger partial charge in [0.25, 0.3) is 5.91 Å². The molecule has 2 aliphatic carbocycles. The number of piperidine rings is 2. The molecule has 12 rings (SSSR count). The molecule has 2 aromatic heterocycles. The number of carbonyl (C=O) groups is 2. The number of benzene rings is 1. The van der Waals surface area contributed by atoms with Crippen LogP contribution in [0.25, 0.3) is 22.2 Å².